The normalized spacial score (nSPS) is 16.9. The number of anilines is 1. The second-order valence-corrected chi connectivity index (χ2v) is 6.25. The Morgan fingerprint density at radius 1 is 1.29 bits per heavy atom. The topological polar surface area (TPSA) is 80.0 Å². The van der Waals surface area contributed by atoms with Crippen LogP contribution in [0.3, 0.4) is 0 Å². The predicted octanol–water partition coefficient (Wildman–Crippen LogP) is 1.06. The largest absolute Gasteiger partial charge is 0.355 e. The fourth-order valence-electron chi connectivity index (χ4n) is 3.04. The maximum atomic E-state index is 12.6. The number of hydrogen-bond acceptors (Lipinski definition) is 6. The lowest BCUT2D eigenvalue weighted by Gasteiger charge is -2.37. The standard InChI is InChI=1S/C16H23N7O/c1-12-4-5-15(20-19-12)21(3)14-6-8-22(9-7-14)16(24)13(2)23-11-17-10-18-23/h4-5,10-11,13-14H,6-9H2,1-3H3/t13-/m0/s1. The van der Waals surface area contributed by atoms with Gasteiger partial charge in [-0.15, -0.1) is 5.10 Å². The quantitative estimate of drug-likeness (QED) is 0.834. The SMILES string of the molecule is Cc1ccc(N(C)C2CCN(C(=O)[C@H](C)n3cncn3)CC2)nn1. The van der Waals surface area contributed by atoms with Gasteiger partial charge in [-0.05, 0) is 38.8 Å². The molecule has 1 atom stereocenters. The number of nitrogens with zero attached hydrogens (tertiary/aromatic N) is 7. The van der Waals surface area contributed by atoms with Gasteiger partial charge in [0.2, 0.25) is 5.91 Å². The molecule has 24 heavy (non-hydrogen) atoms. The van der Waals surface area contributed by atoms with Crippen LogP contribution in [0, 0.1) is 6.92 Å². The van der Waals surface area contributed by atoms with Crippen molar-refractivity contribution in [3.63, 3.8) is 0 Å². The molecule has 0 spiro atoms. The number of amides is 1. The van der Waals surface area contributed by atoms with Crippen molar-refractivity contribution in [2.24, 2.45) is 0 Å². The summed E-state index contributed by atoms with van der Waals surface area (Å²) in [6.07, 6.45) is 4.87. The van der Waals surface area contributed by atoms with Gasteiger partial charge in [-0.2, -0.15) is 10.2 Å². The van der Waals surface area contributed by atoms with E-state index in [9.17, 15) is 4.79 Å². The molecule has 0 radical (unpaired) electrons. The molecule has 1 aliphatic rings. The Hall–Kier alpha value is -2.51. The first kappa shape index (κ1) is 16.4. The number of carbonyl (C=O) groups is 1. The molecule has 0 aromatic carbocycles. The van der Waals surface area contributed by atoms with E-state index in [1.54, 1.807) is 11.0 Å². The first-order chi connectivity index (χ1) is 11.6. The third-order valence-corrected chi connectivity index (χ3v) is 4.66. The summed E-state index contributed by atoms with van der Waals surface area (Å²) in [6.45, 7) is 5.27. The van der Waals surface area contributed by atoms with E-state index in [2.05, 4.69) is 25.2 Å². The minimum atomic E-state index is -0.315. The van der Waals surface area contributed by atoms with Gasteiger partial charge in [0.1, 0.15) is 18.7 Å². The maximum absolute atomic E-state index is 12.6. The molecule has 128 valence electrons. The van der Waals surface area contributed by atoms with E-state index in [0.717, 1.165) is 37.4 Å². The summed E-state index contributed by atoms with van der Waals surface area (Å²) in [5.74, 6) is 0.970. The van der Waals surface area contributed by atoms with Crippen molar-refractivity contribution < 1.29 is 4.79 Å². The zero-order valence-corrected chi connectivity index (χ0v) is 14.3. The van der Waals surface area contributed by atoms with Crippen molar-refractivity contribution in [1.82, 2.24) is 29.9 Å². The van der Waals surface area contributed by atoms with Crippen LogP contribution >= 0.6 is 0 Å². The summed E-state index contributed by atoms with van der Waals surface area (Å²) in [7, 11) is 2.04. The van der Waals surface area contributed by atoms with Crippen LogP contribution in [0.5, 0.6) is 0 Å². The summed E-state index contributed by atoms with van der Waals surface area (Å²) in [6, 6.07) is 4.02. The zero-order chi connectivity index (χ0) is 17.1. The smallest absolute Gasteiger partial charge is 0.247 e. The lowest BCUT2D eigenvalue weighted by molar-refractivity contribution is -0.135. The highest BCUT2D eigenvalue weighted by Gasteiger charge is 2.29. The molecule has 0 aliphatic carbocycles. The van der Waals surface area contributed by atoms with Gasteiger partial charge in [0.15, 0.2) is 5.82 Å². The molecule has 8 nitrogen and oxygen atoms in total. The van der Waals surface area contributed by atoms with Crippen LogP contribution in [0.15, 0.2) is 24.8 Å². The Balaban J connectivity index is 1.57. The second-order valence-electron chi connectivity index (χ2n) is 6.25. The maximum Gasteiger partial charge on any atom is 0.247 e. The lowest BCUT2D eigenvalue weighted by Crippen LogP contribution is -2.47. The van der Waals surface area contributed by atoms with E-state index in [-0.39, 0.29) is 11.9 Å². The summed E-state index contributed by atoms with van der Waals surface area (Å²) in [4.78, 5) is 20.6. The second kappa shape index (κ2) is 6.94. The Morgan fingerprint density at radius 2 is 2.04 bits per heavy atom. The van der Waals surface area contributed by atoms with Crippen LogP contribution in [-0.2, 0) is 4.79 Å². The highest BCUT2D eigenvalue weighted by molar-refractivity contribution is 5.80. The van der Waals surface area contributed by atoms with E-state index >= 15 is 0 Å². The van der Waals surface area contributed by atoms with E-state index in [4.69, 9.17) is 0 Å². The van der Waals surface area contributed by atoms with Crippen LogP contribution in [0.1, 0.15) is 31.5 Å². The molecule has 0 N–H and O–H groups in total. The Morgan fingerprint density at radius 3 is 2.62 bits per heavy atom. The van der Waals surface area contributed by atoms with Crippen molar-refractivity contribution in [3.05, 3.63) is 30.5 Å². The lowest BCUT2D eigenvalue weighted by atomic mass is 10.0. The summed E-state index contributed by atoms with van der Waals surface area (Å²) < 4.78 is 1.60. The van der Waals surface area contributed by atoms with Crippen LogP contribution in [0.25, 0.3) is 0 Å². The first-order valence-electron chi connectivity index (χ1n) is 8.22. The molecule has 0 saturated carbocycles. The number of carbonyl (C=O) groups excluding carboxylic acids is 1. The molecule has 1 amide bonds. The fourth-order valence-corrected chi connectivity index (χ4v) is 3.04. The third-order valence-electron chi connectivity index (χ3n) is 4.66. The van der Waals surface area contributed by atoms with Crippen molar-refractivity contribution in [3.8, 4) is 0 Å². The molecular formula is C16H23N7O. The fraction of sp³-hybridized carbons (Fsp3) is 0.562. The zero-order valence-electron chi connectivity index (χ0n) is 14.3. The van der Waals surface area contributed by atoms with Crippen LogP contribution in [0.4, 0.5) is 5.82 Å². The Bertz CT molecular complexity index is 662. The Kier molecular flexibility index (Phi) is 4.73. The minimum absolute atomic E-state index is 0.0942. The molecule has 2 aromatic rings. The van der Waals surface area contributed by atoms with Gasteiger partial charge in [-0.1, -0.05) is 0 Å². The van der Waals surface area contributed by atoms with E-state index in [1.807, 2.05) is 37.9 Å². The molecule has 2 aromatic heterocycles. The molecule has 1 fully saturated rings. The molecule has 0 bridgehead atoms. The number of aromatic nitrogens is 5. The van der Waals surface area contributed by atoms with Crippen molar-refractivity contribution in [2.75, 3.05) is 25.0 Å². The minimum Gasteiger partial charge on any atom is -0.355 e. The van der Waals surface area contributed by atoms with E-state index in [0.29, 0.717) is 6.04 Å². The van der Waals surface area contributed by atoms with Gasteiger partial charge in [0, 0.05) is 26.2 Å². The molecular weight excluding hydrogens is 306 g/mol. The van der Waals surface area contributed by atoms with Gasteiger partial charge < -0.3 is 9.80 Å². The van der Waals surface area contributed by atoms with E-state index < -0.39 is 0 Å². The third kappa shape index (κ3) is 3.37. The molecule has 0 unspecified atom stereocenters. The van der Waals surface area contributed by atoms with E-state index in [1.165, 1.54) is 6.33 Å². The number of aryl methyl sites for hydroxylation is 1. The number of likely N-dealkylation sites (tertiary alicyclic amines) is 1. The van der Waals surface area contributed by atoms with Crippen molar-refractivity contribution in [2.45, 2.75) is 38.8 Å². The van der Waals surface area contributed by atoms with Gasteiger partial charge in [-0.3, -0.25) is 4.79 Å². The highest BCUT2D eigenvalue weighted by Crippen LogP contribution is 2.21. The molecule has 1 aliphatic heterocycles. The average molecular weight is 329 g/mol. The monoisotopic (exact) mass is 329 g/mol. The van der Waals surface area contributed by atoms with Gasteiger partial charge in [0.25, 0.3) is 0 Å². The van der Waals surface area contributed by atoms with Crippen LogP contribution in [0.2, 0.25) is 0 Å². The highest BCUT2D eigenvalue weighted by atomic mass is 16.2. The van der Waals surface area contributed by atoms with Gasteiger partial charge >= 0.3 is 0 Å². The van der Waals surface area contributed by atoms with Crippen LogP contribution in [-0.4, -0.2) is 61.9 Å². The number of hydrogen-bond donors (Lipinski definition) is 0. The summed E-state index contributed by atoms with van der Waals surface area (Å²) in [5, 5.41) is 12.4. The molecule has 3 rings (SSSR count). The van der Waals surface area contributed by atoms with Crippen molar-refractivity contribution in [1.29, 1.82) is 0 Å². The number of rotatable bonds is 4. The summed E-state index contributed by atoms with van der Waals surface area (Å²) in [5.41, 5.74) is 0.912. The molecule has 3 heterocycles. The Labute approximate surface area is 141 Å². The number of piperidine rings is 1. The van der Waals surface area contributed by atoms with Crippen LogP contribution < -0.4 is 4.90 Å². The first-order valence-corrected chi connectivity index (χ1v) is 8.22. The summed E-state index contributed by atoms with van der Waals surface area (Å²) >= 11 is 0. The van der Waals surface area contributed by atoms with Gasteiger partial charge in [-0.25, -0.2) is 9.67 Å². The molecule has 8 heteroatoms. The average Bonchev–Trinajstić information content (AvgIpc) is 3.15. The molecule has 1 saturated heterocycles. The van der Waals surface area contributed by atoms with Crippen molar-refractivity contribution >= 4 is 11.7 Å². The predicted molar refractivity (Wildman–Crippen MR) is 89.5 cm³/mol. The van der Waals surface area contributed by atoms with Gasteiger partial charge in [0.05, 0.1) is 5.69 Å².